The highest BCUT2D eigenvalue weighted by Crippen LogP contribution is 2.19. The molecule has 10 heteroatoms. The summed E-state index contributed by atoms with van der Waals surface area (Å²) < 4.78 is 21.8. The van der Waals surface area contributed by atoms with Crippen LogP contribution in [0.3, 0.4) is 0 Å². The van der Waals surface area contributed by atoms with Crippen LogP contribution >= 0.6 is 0 Å². The van der Waals surface area contributed by atoms with E-state index < -0.39 is 24.3 Å². The van der Waals surface area contributed by atoms with Gasteiger partial charge in [-0.1, -0.05) is 0 Å². The third-order valence-corrected chi connectivity index (χ3v) is 3.52. The normalized spacial score (nSPS) is 19.2. The van der Waals surface area contributed by atoms with Gasteiger partial charge in [0, 0.05) is 6.20 Å². The number of hydrogen-bond donors (Lipinski definition) is 2. The molecule has 1 aromatic carbocycles. The molecule has 2 heterocycles. The van der Waals surface area contributed by atoms with E-state index in [1.807, 2.05) is 0 Å². The number of benzene rings is 1. The van der Waals surface area contributed by atoms with Gasteiger partial charge in [-0.2, -0.15) is 4.98 Å². The van der Waals surface area contributed by atoms with Crippen LogP contribution in [0.4, 0.5) is 10.6 Å². The van der Waals surface area contributed by atoms with E-state index in [-0.39, 0.29) is 19.0 Å². The first-order valence-electron chi connectivity index (χ1n) is 7.69. The summed E-state index contributed by atoms with van der Waals surface area (Å²) in [5.74, 6) is 0.968. The summed E-state index contributed by atoms with van der Waals surface area (Å²) in [5.41, 5.74) is -0.639. The van der Waals surface area contributed by atoms with Crippen molar-refractivity contribution >= 4 is 11.9 Å². The van der Waals surface area contributed by atoms with Crippen molar-refractivity contribution in [1.29, 1.82) is 0 Å². The van der Waals surface area contributed by atoms with E-state index in [1.165, 1.54) is 23.9 Å². The maximum atomic E-state index is 12.1. The SMILES string of the molecule is COc1ccc(OC(=O)Nc2ccn(C3COC(CO)O3)c(=O)n2)cc1. The number of aliphatic hydroxyl groups excluding tert-OH is 1. The zero-order chi connectivity index (χ0) is 18.5. The largest absolute Gasteiger partial charge is 0.497 e. The van der Waals surface area contributed by atoms with Gasteiger partial charge in [0.05, 0.1) is 20.3 Å². The number of carbonyl (C=O) groups excluding carboxylic acids is 1. The average molecular weight is 363 g/mol. The second kappa shape index (κ2) is 7.95. The lowest BCUT2D eigenvalue weighted by molar-refractivity contribution is -0.0992. The maximum Gasteiger partial charge on any atom is 0.418 e. The summed E-state index contributed by atoms with van der Waals surface area (Å²) >= 11 is 0. The van der Waals surface area contributed by atoms with Gasteiger partial charge in [0.25, 0.3) is 0 Å². The molecular formula is C16H17N3O7. The Labute approximate surface area is 147 Å². The molecule has 1 fully saturated rings. The van der Waals surface area contributed by atoms with Crippen LogP contribution in [-0.2, 0) is 9.47 Å². The summed E-state index contributed by atoms with van der Waals surface area (Å²) in [7, 11) is 1.53. The second-order valence-corrected chi connectivity index (χ2v) is 5.23. The van der Waals surface area contributed by atoms with Crippen molar-refractivity contribution in [1.82, 2.24) is 9.55 Å². The lowest BCUT2D eigenvalue weighted by Crippen LogP contribution is -2.29. The number of nitrogens with zero attached hydrogens (tertiary/aromatic N) is 2. The van der Waals surface area contributed by atoms with Crippen LogP contribution in [0.2, 0.25) is 0 Å². The Balaban J connectivity index is 1.62. The van der Waals surface area contributed by atoms with E-state index in [0.29, 0.717) is 11.5 Å². The van der Waals surface area contributed by atoms with Gasteiger partial charge < -0.3 is 24.1 Å². The van der Waals surface area contributed by atoms with Gasteiger partial charge in [0.15, 0.2) is 12.5 Å². The number of rotatable bonds is 5. The quantitative estimate of drug-likeness (QED) is 0.797. The highest BCUT2D eigenvalue weighted by atomic mass is 16.7. The van der Waals surface area contributed by atoms with Crippen molar-refractivity contribution in [3.63, 3.8) is 0 Å². The molecule has 2 unspecified atom stereocenters. The molecule has 26 heavy (non-hydrogen) atoms. The number of amides is 1. The summed E-state index contributed by atoms with van der Waals surface area (Å²) in [6, 6.07) is 7.85. The molecule has 0 radical (unpaired) electrons. The third-order valence-electron chi connectivity index (χ3n) is 3.52. The van der Waals surface area contributed by atoms with Gasteiger partial charge in [0.2, 0.25) is 0 Å². The van der Waals surface area contributed by atoms with Gasteiger partial charge in [-0.05, 0) is 30.3 Å². The molecule has 2 aromatic rings. The molecule has 3 rings (SSSR count). The standard InChI is InChI=1S/C16H17N3O7/c1-23-10-2-4-11(5-3-10)25-16(22)18-12-6-7-19(15(21)17-12)13-9-24-14(8-20)26-13/h2-7,13-14,20H,8-9H2,1H3,(H,17,18,21,22). The van der Waals surface area contributed by atoms with Crippen LogP contribution in [0.15, 0.2) is 41.3 Å². The fourth-order valence-corrected chi connectivity index (χ4v) is 2.27. The Morgan fingerprint density at radius 3 is 2.69 bits per heavy atom. The van der Waals surface area contributed by atoms with E-state index in [2.05, 4.69) is 10.3 Å². The van der Waals surface area contributed by atoms with Crippen molar-refractivity contribution in [3.05, 3.63) is 47.0 Å². The molecule has 1 amide bonds. The maximum absolute atomic E-state index is 12.1. The van der Waals surface area contributed by atoms with E-state index in [0.717, 1.165) is 0 Å². The summed E-state index contributed by atoms with van der Waals surface area (Å²) in [4.78, 5) is 27.7. The molecule has 1 aliphatic heterocycles. The number of nitrogens with one attached hydrogen (secondary N) is 1. The highest BCUT2D eigenvalue weighted by Gasteiger charge is 2.27. The predicted molar refractivity (Wildman–Crippen MR) is 88.1 cm³/mol. The Morgan fingerprint density at radius 2 is 2.08 bits per heavy atom. The Morgan fingerprint density at radius 1 is 1.35 bits per heavy atom. The lowest BCUT2D eigenvalue weighted by Gasteiger charge is -2.12. The number of aliphatic hydroxyl groups is 1. The summed E-state index contributed by atoms with van der Waals surface area (Å²) in [6.45, 7) is -0.200. The number of methoxy groups -OCH3 is 1. The number of carbonyl (C=O) groups is 1. The Kier molecular flexibility index (Phi) is 5.46. The molecule has 2 atom stereocenters. The highest BCUT2D eigenvalue weighted by molar-refractivity contribution is 5.84. The van der Waals surface area contributed by atoms with Crippen molar-refractivity contribution in [3.8, 4) is 11.5 Å². The van der Waals surface area contributed by atoms with Crippen LogP contribution in [-0.4, -0.2) is 47.4 Å². The minimum absolute atomic E-state index is 0.0300. The van der Waals surface area contributed by atoms with Gasteiger partial charge in [-0.3, -0.25) is 9.88 Å². The first kappa shape index (κ1) is 17.9. The Bertz CT molecular complexity index is 821. The van der Waals surface area contributed by atoms with Crippen LogP contribution in [0.5, 0.6) is 11.5 Å². The van der Waals surface area contributed by atoms with Crippen LogP contribution < -0.4 is 20.5 Å². The van der Waals surface area contributed by atoms with Crippen LogP contribution in [0, 0.1) is 0 Å². The van der Waals surface area contributed by atoms with Gasteiger partial charge >= 0.3 is 11.8 Å². The number of anilines is 1. The number of aromatic nitrogens is 2. The van der Waals surface area contributed by atoms with E-state index >= 15 is 0 Å². The van der Waals surface area contributed by atoms with Crippen molar-refractivity contribution in [2.24, 2.45) is 0 Å². The third kappa shape index (κ3) is 4.17. The zero-order valence-electron chi connectivity index (χ0n) is 13.8. The molecule has 0 saturated carbocycles. The van der Waals surface area contributed by atoms with E-state index in [1.54, 1.807) is 24.3 Å². The first-order chi connectivity index (χ1) is 12.6. The average Bonchev–Trinajstić information content (AvgIpc) is 3.11. The van der Waals surface area contributed by atoms with Crippen LogP contribution in [0.25, 0.3) is 0 Å². The molecule has 1 aliphatic rings. The minimum atomic E-state index is -0.791. The monoisotopic (exact) mass is 363 g/mol. The van der Waals surface area contributed by atoms with E-state index in [4.69, 9.17) is 24.1 Å². The van der Waals surface area contributed by atoms with Gasteiger partial charge in [-0.15, -0.1) is 0 Å². The molecule has 0 spiro atoms. The van der Waals surface area contributed by atoms with Gasteiger partial charge in [0.1, 0.15) is 17.3 Å². The smallest absolute Gasteiger partial charge is 0.418 e. The fraction of sp³-hybridized carbons (Fsp3) is 0.312. The van der Waals surface area contributed by atoms with E-state index in [9.17, 15) is 9.59 Å². The topological polar surface area (TPSA) is 121 Å². The van der Waals surface area contributed by atoms with Crippen LogP contribution in [0.1, 0.15) is 6.23 Å². The fourth-order valence-electron chi connectivity index (χ4n) is 2.27. The van der Waals surface area contributed by atoms with Crippen molar-refractivity contribution in [2.75, 3.05) is 25.6 Å². The molecule has 0 aliphatic carbocycles. The summed E-state index contributed by atoms with van der Waals surface area (Å²) in [6.07, 6.45) is -0.844. The van der Waals surface area contributed by atoms with Crippen molar-refractivity contribution < 1.29 is 28.8 Å². The lowest BCUT2D eigenvalue weighted by atomic mass is 10.3. The zero-order valence-corrected chi connectivity index (χ0v) is 13.8. The molecule has 10 nitrogen and oxygen atoms in total. The summed E-state index contributed by atoms with van der Waals surface area (Å²) in [5, 5.41) is 11.3. The molecule has 1 aromatic heterocycles. The first-order valence-corrected chi connectivity index (χ1v) is 7.69. The number of ether oxygens (including phenoxy) is 4. The molecule has 2 N–H and O–H groups in total. The molecule has 0 bridgehead atoms. The van der Waals surface area contributed by atoms with Crippen molar-refractivity contribution in [2.45, 2.75) is 12.5 Å². The second-order valence-electron chi connectivity index (χ2n) is 5.23. The van der Waals surface area contributed by atoms with Gasteiger partial charge in [-0.25, -0.2) is 9.59 Å². The molecule has 138 valence electrons. The minimum Gasteiger partial charge on any atom is -0.497 e. The molecular weight excluding hydrogens is 346 g/mol. The predicted octanol–water partition coefficient (Wildman–Crippen LogP) is 0.727. The Hall–Kier alpha value is -2.95. The number of hydrogen-bond acceptors (Lipinski definition) is 8. The molecule has 1 saturated heterocycles.